The summed E-state index contributed by atoms with van der Waals surface area (Å²) in [5.41, 5.74) is 4.68. The molecule has 0 bridgehead atoms. The van der Waals surface area contributed by atoms with E-state index in [9.17, 15) is 5.11 Å². The van der Waals surface area contributed by atoms with Crippen LogP contribution in [0, 0.1) is 0 Å². The lowest BCUT2D eigenvalue weighted by Crippen LogP contribution is -2.15. The molecule has 0 aliphatic rings. The second-order valence-electron chi connectivity index (χ2n) is 8.42. The zero-order valence-corrected chi connectivity index (χ0v) is 16.0. The normalized spacial score (nSPS) is 12.7. The summed E-state index contributed by atoms with van der Waals surface area (Å²) in [6, 6.07) is 11.8. The van der Waals surface area contributed by atoms with Crippen molar-refractivity contribution in [3.63, 3.8) is 0 Å². The van der Waals surface area contributed by atoms with Crippen LogP contribution in [0.25, 0.3) is 22.6 Å². The van der Waals surface area contributed by atoms with Crippen LogP contribution in [0.15, 0.2) is 40.8 Å². The second kappa shape index (κ2) is 5.91. The Morgan fingerprint density at radius 2 is 1.64 bits per heavy atom. The molecule has 0 aliphatic heterocycles. The molecule has 0 saturated heterocycles. The molecule has 132 valence electrons. The van der Waals surface area contributed by atoms with Gasteiger partial charge in [0, 0.05) is 0 Å². The van der Waals surface area contributed by atoms with Gasteiger partial charge < -0.3 is 9.52 Å². The topological polar surface area (TPSA) is 46.3 Å². The summed E-state index contributed by atoms with van der Waals surface area (Å²) in [5, 5.41) is 10.3. The number of oxazole rings is 1. The lowest BCUT2D eigenvalue weighted by atomic mass is 9.81. The van der Waals surface area contributed by atoms with Gasteiger partial charge in [-0.2, -0.15) is 0 Å². The smallest absolute Gasteiger partial charge is 0.231 e. The fourth-order valence-electron chi connectivity index (χ4n) is 2.84. The highest BCUT2D eigenvalue weighted by Crippen LogP contribution is 2.37. The Morgan fingerprint density at radius 3 is 2.28 bits per heavy atom. The van der Waals surface area contributed by atoms with Crippen LogP contribution in [0.3, 0.4) is 0 Å². The Bertz CT molecular complexity index is 913. The molecule has 25 heavy (non-hydrogen) atoms. The second-order valence-corrected chi connectivity index (χ2v) is 8.42. The van der Waals surface area contributed by atoms with Crippen LogP contribution in [0.2, 0.25) is 0 Å². The molecular formula is C22H27NO2. The third-order valence-electron chi connectivity index (χ3n) is 5.15. The zero-order valence-electron chi connectivity index (χ0n) is 16.0. The van der Waals surface area contributed by atoms with E-state index in [1.54, 1.807) is 6.07 Å². The van der Waals surface area contributed by atoms with Gasteiger partial charge in [0.05, 0.1) is 5.56 Å². The van der Waals surface area contributed by atoms with Gasteiger partial charge in [-0.15, -0.1) is 0 Å². The molecule has 2 aromatic carbocycles. The minimum absolute atomic E-state index is 0.0356. The summed E-state index contributed by atoms with van der Waals surface area (Å²) >= 11 is 0. The lowest BCUT2D eigenvalue weighted by molar-refractivity contribution is 0.470. The average Bonchev–Trinajstić information content (AvgIpc) is 2.97. The Morgan fingerprint density at radius 1 is 0.960 bits per heavy atom. The zero-order chi connectivity index (χ0) is 18.4. The number of benzene rings is 2. The van der Waals surface area contributed by atoms with E-state index in [1.807, 2.05) is 18.2 Å². The maximum atomic E-state index is 10.3. The summed E-state index contributed by atoms with van der Waals surface area (Å²) in [7, 11) is 0. The van der Waals surface area contributed by atoms with E-state index in [4.69, 9.17) is 4.42 Å². The van der Waals surface area contributed by atoms with Crippen LogP contribution < -0.4 is 0 Å². The van der Waals surface area contributed by atoms with E-state index in [2.05, 4.69) is 58.7 Å². The van der Waals surface area contributed by atoms with Crippen molar-refractivity contribution in [2.45, 2.75) is 58.8 Å². The van der Waals surface area contributed by atoms with Crippen molar-refractivity contribution in [1.29, 1.82) is 0 Å². The Kier molecular flexibility index (Phi) is 4.14. The molecule has 1 aromatic heterocycles. The average molecular weight is 337 g/mol. The number of phenols is 1. The first-order valence-electron chi connectivity index (χ1n) is 8.87. The van der Waals surface area contributed by atoms with Gasteiger partial charge in [0.1, 0.15) is 11.3 Å². The molecule has 0 saturated carbocycles. The lowest BCUT2D eigenvalue weighted by Gasteiger charge is -2.23. The third-order valence-corrected chi connectivity index (χ3v) is 5.15. The third kappa shape index (κ3) is 3.28. The summed E-state index contributed by atoms with van der Waals surface area (Å²) < 4.78 is 5.93. The number of hydrogen-bond donors (Lipinski definition) is 1. The molecular weight excluding hydrogens is 310 g/mol. The maximum Gasteiger partial charge on any atom is 0.231 e. The molecule has 3 rings (SSSR count). The van der Waals surface area contributed by atoms with Crippen LogP contribution in [0.4, 0.5) is 0 Å². The van der Waals surface area contributed by atoms with Crippen molar-refractivity contribution in [3.05, 3.63) is 47.5 Å². The first kappa shape index (κ1) is 17.5. The molecule has 0 amide bonds. The Balaban J connectivity index is 2.12. The largest absolute Gasteiger partial charge is 0.507 e. The summed E-state index contributed by atoms with van der Waals surface area (Å²) in [4.78, 5) is 4.64. The van der Waals surface area contributed by atoms with Crippen molar-refractivity contribution in [1.82, 2.24) is 4.98 Å². The van der Waals surface area contributed by atoms with Gasteiger partial charge in [0.15, 0.2) is 5.58 Å². The van der Waals surface area contributed by atoms with E-state index < -0.39 is 0 Å². The van der Waals surface area contributed by atoms with Gasteiger partial charge in [-0.3, -0.25) is 0 Å². The van der Waals surface area contributed by atoms with Crippen molar-refractivity contribution in [2.75, 3.05) is 0 Å². The van der Waals surface area contributed by atoms with Crippen molar-refractivity contribution in [3.8, 4) is 17.2 Å². The van der Waals surface area contributed by atoms with E-state index in [-0.39, 0.29) is 16.6 Å². The van der Waals surface area contributed by atoms with Crippen LogP contribution in [-0.2, 0) is 10.8 Å². The summed E-state index contributed by atoms with van der Waals surface area (Å²) in [6.07, 6.45) is 1.01. The van der Waals surface area contributed by atoms with Crippen LogP contribution in [0.1, 0.15) is 59.1 Å². The van der Waals surface area contributed by atoms with Crippen LogP contribution in [0.5, 0.6) is 5.75 Å². The van der Waals surface area contributed by atoms with E-state index in [1.165, 1.54) is 11.1 Å². The molecule has 0 spiro atoms. The quantitative estimate of drug-likeness (QED) is 0.620. The van der Waals surface area contributed by atoms with Crippen LogP contribution in [-0.4, -0.2) is 10.1 Å². The van der Waals surface area contributed by atoms with Crippen molar-refractivity contribution >= 4 is 11.1 Å². The van der Waals surface area contributed by atoms with Gasteiger partial charge in [-0.1, -0.05) is 53.7 Å². The fourth-order valence-corrected chi connectivity index (χ4v) is 2.84. The predicted octanol–water partition coefficient (Wildman–Crippen LogP) is 6.19. The highest BCUT2D eigenvalue weighted by atomic mass is 16.3. The number of hydrogen-bond acceptors (Lipinski definition) is 3. The molecule has 0 unspecified atom stereocenters. The minimum Gasteiger partial charge on any atom is -0.507 e. The molecule has 0 atom stereocenters. The molecule has 1 heterocycles. The monoisotopic (exact) mass is 337 g/mol. The van der Waals surface area contributed by atoms with E-state index in [0.717, 1.165) is 17.5 Å². The number of fused-ring (bicyclic) bond motifs is 1. The molecule has 0 aliphatic carbocycles. The molecule has 3 aromatic rings. The van der Waals surface area contributed by atoms with Crippen LogP contribution >= 0.6 is 0 Å². The summed E-state index contributed by atoms with van der Waals surface area (Å²) in [6.45, 7) is 13.1. The van der Waals surface area contributed by atoms with Gasteiger partial charge in [-0.05, 0) is 52.6 Å². The highest BCUT2D eigenvalue weighted by Gasteiger charge is 2.22. The van der Waals surface area contributed by atoms with E-state index in [0.29, 0.717) is 11.5 Å². The summed E-state index contributed by atoms with van der Waals surface area (Å²) in [5.74, 6) is 0.658. The number of nitrogens with zero attached hydrogens (tertiary/aromatic N) is 1. The number of aromatic hydroxyl groups is 1. The molecule has 0 fully saturated rings. The maximum absolute atomic E-state index is 10.3. The minimum atomic E-state index is 0.0356. The molecule has 3 heteroatoms. The standard InChI is InChI=1S/C22H27NO2/c1-7-22(5,6)15-8-10-18(24)16(12-15)20-23-17-13-14(21(2,3)4)9-11-19(17)25-20/h8-13,24H,7H2,1-6H3. The van der Waals surface area contributed by atoms with Crippen molar-refractivity contribution < 1.29 is 9.52 Å². The predicted molar refractivity (Wildman–Crippen MR) is 103 cm³/mol. The van der Waals surface area contributed by atoms with Gasteiger partial charge in [0.25, 0.3) is 0 Å². The SMILES string of the molecule is CCC(C)(C)c1ccc(O)c(-c2nc3cc(C(C)(C)C)ccc3o2)c1. The number of rotatable bonds is 3. The fraction of sp³-hybridized carbons (Fsp3) is 0.409. The van der Waals surface area contributed by atoms with Crippen molar-refractivity contribution in [2.24, 2.45) is 0 Å². The molecule has 0 radical (unpaired) electrons. The Hall–Kier alpha value is -2.29. The van der Waals surface area contributed by atoms with E-state index >= 15 is 0 Å². The Labute approximate surface area is 149 Å². The number of phenolic OH excluding ortho intramolecular Hbond substituents is 1. The first-order valence-corrected chi connectivity index (χ1v) is 8.87. The highest BCUT2D eigenvalue weighted by molar-refractivity contribution is 5.78. The van der Waals surface area contributed by atoms with Gasteiger partial charge >= 0.3 is 0 Å². The van der Waals surface area contributed by atoms with Gasteiger partial charge in [0.2, 0.25) is 5.89 Å². The number of aromatic nitrogens is 1. The molecule has 3 nitrogen and oxygen atoms in total. The van der Waals surface area contributed by atoms with Gasteiger partial charge in [-0.25, -0.2) is 4.98 Å². The molecule has 1 N–H and O–H groups in total. The first-order chi connectivity index (χ1) is 11.6.